The third kappa shape index (κ3) is 1.44. The number of hydrogen-bond donors (Lipinski definition) is 2. The molecule has 2 N–H and O–H groups in total. The summed E-state index contributed by atoms with van der Waals surface area (Å²) in [5.41, 5.74) is 0. The molecule has 0 radical (unpaired) electrons. The van der Waals surface area contributed by atoms with Crippen molar-refractivity contribution in [3.63, 3.8) is 0 Å². The van der Waals surface area contributed by atoms with Crippen molar-refractivity contribution < 1.29 is 4.79 Å². The highest BCUT2D eigenvalue weighted by Crippen LogP contribution is 2.03. The fourth-order valence-electron chi connectivity index (χ4n) is 0.896. The van der Waals surface area contributed by atoms with Crippen molar-refractivity contribution in [3.05, 3.63) is 0 Å². The Bertz CT molecular complexity index is 169. The molecule has 1 aliphatic rings. The quantitative estimate of drug-likeness (QED) is 0.528. The van der Waals surface area contributed by atoms with Crippen LogP contribution in [0.1, 0.15) is 13.3 Å². The first-order valence-electron chi connectivity index (χ1n) is 3.32. The van der Waals surface area contributed by atoms with Crippen molar-refractivity contribution in [1.82, 2.24) is 10.6 Å². The van der Waals surface area contributed by atoms with Crippen molar-refractivity contribution in [2.24, 2.45) is 5.92 Å². The lowest BCUT2D eigenvalue weighted by molar-refractivity contribution is -0.124. The standard InChI is InChI=1S/C6H10N2OS/c1-2-4-3-7-6(10)8-5(4)9/h4H,2-3H2,1H3,(H2,7,8,9,10). The van der Waals surface area contributed by atoms with Gasteiger partial charge in [0, 0.05) is 6.54 Å². The third-order valence-electron chi connectivity index (χ3n) is 1.61. The zero-order valence-corrected chi connectivity index (χ0v) is 6.62. The lowest BCUT2D eigenvalue weighted by Gasteiger charge is -2.22. The zero-order chi connectivity index (χ0) is 7.56. The Morgan fingerprint density at radius 1 is 1.80 bits per heavy atom. The fourth-order valence-corrected chi connectivity index (χ4v) is 1.08. The molecule has 3 nitrogen and oxygen atoms in total. The number of amides is 1. The van der Waals surface area contributed by atoms with E-state index in [-0.39, 0.29) is 11.8 Å². The van der Waals surface area contributed by atoms with Crippen molar-refractivity contribution >= 4 is 23.2 Å². The van der Waals surface area contributed by atoms with Gasteiger partial charge in [0.2, 0.25) is 5.91 Å². The second kappa shape index (κ2) is 2.96. The molecule has 1 saturated heterocycles. The number of carbonyl (C=O) groups is 1. The molecule has 1 atom stereocenters. The first kappa shape index (κ1) is 7.47. The zero-order valence-electron chi connectivity index (χ0n) is 5.81. The molecular formula is C6H10N2OS. The van der Waals surface area contributed by atoms with Gasteiger partial charge >= 0.3 is 0 Å². The third-order valence-corrected chi connectivity index (χ3v) is 1.86. The second-order valence-electron chi connectivity index (χ2n) is 2.30. The first-order chi connectivity index (χ1) is 4.74. The van der Waals surface area contributed by atoms with E-state index in [1.54, 1.807) is 0 Å². The van der Waals surface area contributed by atoms with E-state index in [2.05, 4.69) is 10.6 Å². The van der Waals surface area contributed by atoms with Gasteiger partial charge in [0.1, 0.15) is 0 Å². The fraction of sp³-hybridized carbons (Fsp3) is 0.667. The number of carbonyl (C=O) groups excluding carboxylic acids is 1. The van der Waals surface area contributed by atoms with Gasteiger partial charge in [0.25, 0.3) is 0 Å². The largest absolute Gasteiger partial charge is 0.362 e. The maximum Gasteiger partial charge on any atom is 0.230 e. The van der Waals surface area contributed by atoms with Crippen LogP contribution < -0.4 is 10.6 Å². The average Bonchev–Trinajstić information content (AvgIpc) is 1.88. The van der Waals surface area contributed by atoms with Gasteiger partial charge in [-0.3, -0.25) is 4.79 Å². The molecule has 1 fully saturated rings. The summed E-state index contributed by atoms with van der Waals surface area (Å²) >= 11 is 4.74. The van der Waals surface area contributed by atoms with Gasteiger partial charge in [-0.1, -0.05) is 6.92 Å². The lowest BCUT2D eigenvalue weighted by Crippen LogP contribution is -2.51. The summed E-state index contributed by atoms with van der Waals surface area (Å²) in [7, 11) is 0. The molecule has 4 heteroatoms. The van der Waals surface area contributed by atoms with E-state index < -0.39 is 0 Å². The topological polar surface area (TPSA) is 41.1 Å². The van der Waals surface area contributed by atoms with Crippen LogP contribution in [0.4, 0.5) is 0 Å². The van der Waals surface area contributed by atoms with Crippen molar-refractivity contribution in [3.8, 4) is 0 Å². The molecule has 1 aliphatic heterocycles. The van der Waals surface area contributed by atoms with Gasteiger partial charge < -0.3 is 10.6 Å². The van der Waals surface area contributed by atoms with Gasteiger partial charge in [-0.2, -0.15) is 0 Å². The lowest BCUT2D eigenvalue weighted by atomic mass is 10.1. The van der Waals surface area contributed by atoms with Gasteiger partial charge in [-0.25, -0.2) is 0 Å². The molecule has 1 rings (SSSR count). The number of hydrogen-bond acceptors (Lipinski definition) is 2. The van der Waals surface area contributed by atoms with Crippen molar-refractivity contribution in [2.45, 2.75) is 13.3 Å². The Kier molecular flexibility index (Phi) is 2.21. The van der Waals surface area contributed by atoms with E-state index in [4.69, 9.17) is 12.2 Å². The van der Waals surface area contributed by atoms with Crippen LogP contribution in [-0.4, -0.2) is 17.6 Å². The van der Waals surface area contributed by atoms with Crippen LogP contribution in [0.5, 0.6) is 0 Å². The molecule has 1 amide bonds. The van der Waals surface area contributed by atoms with Crippen molar-refractivity contribution in [2.75, 3.05) is 6.54 Å². The van der Waals surface area contributed by atoms with Gasteiger partial charge in [0.05, 0.1) is 5.92 Å². The highest BCUT2D eigenvalue weighted by molar-refractivity contribution is 7.80. The molecule has 0 aromatic rings. The monoisotopic (exact) mass is 158 g/mol. The molecule has 0 aromatic heterocycles. The predicted molar refractivity (Wildman–Crippen MR) is 42.5 cm³/mol. The second-order valence-corrected chi connectivity index (χ2v) is 2.71. The average molecular weight is 158 g/mol. The first-order valence-corrected chi connectivity index (χ1v) is 3.73. The van der Waals surface area contributed by atoms with Crippen LogP contribution >= 0.6 is 12.2 Å². The summed E-state index contributed by atoms with van der Waals surface area (Å²) < 4.78 is 0. The highest BCUT2D eigenvalue weighted by Gasteiger charge is 2.21. The minimum Gasteiger partial charge on any atom is -0.362 e. The van der Waals surface area contributed by atoms with Crippen LogP contribution in [0, 0.1) is 5.92 Å². The van der Waals surface area contributed by atoms with E-state index >= 15 is 0 Å². The number of rotatable bonds is 1. The van der Waals surface area contributed by atoms with Crippen LogP contribution in [0.3, 0.4) is 0 Å². The molecule has 0 aromatic carbocycles. The van der Waals surface area contributed by atoms with E-state index in [1.165, 1.54) is 0 Å². The Morgan fingerprint density at radius 3 is 3.00 bits per heavy atom. The van der Waals surface area contributed by atoms with Gasteiger partial charge in [0.15, 0.2) is 5.11 Å². The Morgan fingerprint density at radius 2 is 2.50 bits per heavy atom. The van der Waals surface area contributed by atoms with Gasteiger partial charge in [-0.15, -0.1) is 0 Å². The summed E-state index contributed by atoms with van der Waals surface area (Å²) in [6.45, 7) is 2.67. The van der Waals surface area contributed by atoms with E-state index in [0.29, 0.717) is 11.7 Å². The molecular weight excluding hydrogens is 148 g/mol. The van der Waals surface area contributed by atoms with Crippen LogP contribution in [0.15, 0.2) is 0 Å². The molecule has 0 bridgehead atoms. The maximum atomic E-state index is 11.0. The van der Waals surface area contributed by atoms with Gasteiger partial charge in [-0.05, 0) is 18.6 Å². The molecule has 1 heterocycles. The number of nitrogens with one attached hydrogen (secondary N) is 2. The van der Waals surface area contributed by atoms with Crippen LogP contribution in [-0.2, 0) is 4.79 Å². The maximum absolute atomic E-state index is 11.0. The number of thiocarbonyl (C=S) groups is 1. The molecule has 1 unspecified atom stereocenters. The molecule has 0 spiro atoms. The van der Waals surface area contributed by atoms with E-state index in [9.17, 15) is 4.79 Å². The Hall–Kier alpha value is -0.640. The molecule has 0 saturated carbocycles. The summed E-state index contributed by atoms with van der Waals surface area (Å²) in [4.78, 5) is 11.0. The Labute approximate surface area is 65.2 Å². The molecule has 56 valence electrons. The summed E-state index contributed by atoms with van der Waals surface area (Å²) in [5, 5.41) is 5.93. The van der Waals surface area contributed by atoms with E-state index in [1.807, 2.05) is 6.92 Å². The summed E-state index contributed by atoms with van der Waals surface area (Å²) in [5.74, 6) is 0.137. The summed E-state index contributed by atoms with van der Waals surface area (Å²) in [6, 6.07) is 0. The van der Waals surface area contributed by atoms with E-state index in [0.717, 1.165) is 6.42 Å². The Balaban J connectivity index is 2.51. The van der Waals surface area contributed by atoms with Crippen LogP contribution in [0.2, 0.25) is 0 Å². The van der Waals surface area contributed by atoms with Crippen LogP contribution in [0.25, 0.3) is 0 Å². The highest BCUT2D eigenvalue weighted by atomic mass is 32.1. The SMILES string of the molecule is CCC1CNC(=S)NC1=O. The summed E-state index contributed by atoms with van der Waals surface area (Å²) in [6.07, 6.45) is 0.863. The normalized spacial score (nSPS) is 25.5. The minimum absolute atomic E-state index is 0.0475. The smallest absolute Gasteiger partial charge is 0.230 e. The van der Waals surface area contributed by atoms with Crippen molar-refractivity contribution in [1.29, 1.82) is 0 Å². The minimum atomic E-state index is 0.0475. The molecule has 0 aliphatic carbocycles. The molecule has 10 heavy (non-hydrogen) atoms. The predicted octanol–water partition coefficient (Wildman–Crippen LogP) is 0.0169.